The molecule has 0 atom stereocenters. The summed E-state index contributed by atoms with van der Waals surface area (Å²) in [6.45, 7) is 9.43. The zero-order valence-electron chi connectivity index (χ0n) is 11.2. The van der Waals surface area contributed by atoms with E-state index in [0.29, 0.717) is 24.8 Å². The standard InChI is InChI=1S/C15H22FNO/c1-4-5-8-18-11-14-9-13(6-7-15(14)16)10-17-12(2)3/h4,6-7,9,12,17H,1,5,8,10-11H2,2-3H3. The van der Waals surface area contributed by atoms with Gasteiger partial charge in [-0.15, -0.1) is 6.58 Å². The Morgan fingerprint density at radius 1 is 1.44 bits per heavy atom. The number of nitrogens with one attached hydrogen (secondary N) is 1. The molecule has 0 fully saturated rings. The first kappa shape index (κ1) is 14.9. The summed E-state index contributed by atoms with van der Waals surface area (Å²) in [5.74, 6) is -0.207. The van der Waals surface area contributed by atoms with E-state index in [1.165, 1.54) is 6.07 Å². The average Bonchev–Trinajstić information content (AvgIpc) is 2.35. The normalized spacial score (nSPS) is 10.9. The molecule has 0 saturated heterocycles. The summed E-state index contributed by atoms with van der Waals surface area (Å²) in [5.41, 5.74) is 1.69. The lowest BCUT2D eigenvalue weighted by atomic mass is 10.1. The first-order valence-electron chi connectivity index (χ1n) is 6.32. The van der Waals surface area contributed by atoms with Crippen LogP contribution in [-0.4, -0.2) is 12.6 Å². The number of hydrogen-bond acceptors (Lipinski definition) is 2. The quantitative estimate of drug-likeness (QED) is 0.564. The highest BCUT2D eigenvalue weighted by Gasteiger charge is 2.04. The molecule has 1 aromatic carbocycles. The van der Waals surface area contributed by atoms with E-state index in [1.807, 2.05) is 6.07 Å². The largest absolute Gasteiger partial charge is 0.376 e. The molecule has 0 aliphatic carbocycles. The molecule has 0 saturated carbocycles. The molecule has 0 aliphatic rings. The molecule has 0 aliphatic heterocycles. The lowest BCUT2D eigenvalue weighted by molar-refractivity contribution is 0.123. The average molecular weight is 251 g/mol. The van der Waals surface area contributed by atoms with Gasteiger partial charge in [0.25, 0.3) is 0 Å². The van der Waals surface area contributed by atoms with E-state index in [4.69, 9.17) is 4.74 Å². The maximum Gasteiger partial charge on any atom is 0.128 e. The molecular formula is C15H22FNO. The Kier molecular flexibility index (Phi) is 6.61. The fourth-order valence-electron chi connectivity index (χ4n) is 1.52. The summed E-state index contributed by atoms with van der Waals surface area (Å²) in [6.07, 6.45) is 2.58. The predicted octanol–water partition coefficient (Wildman–Crippen LogP) is 3.42. The number of ether oxygens (including phenoxy) is 1. The van der Waals surface area contributed by atoms with Gasteiger partial charge in [-0.05, 0) is 24.1 Å². The van der Waals surface area contributed by atoms with Crippen LogP contribution in [0.1, 0.15) is 31.4 Å². The minimum atomic E-state index is -0.207. The van der Waals surface area contributed by atoms with Crippen molar-refractivity contribution < 1.29 is 9.13 Å². The van der Waals surface area contributed by atoms with Crippen LogP contribution in [-0.2, 0) is 17.9 Å². The Hall–Kier alpha value is -1.19. The fraction of sp³-hybridized carbons (Fsp3) is 0.467. The summed E-state index contributed by atoms with van der Waals surface area (Å²) in [5, 5.41) is 3.31. The maximum atomic E-state index is 13.6. The van der Waals surface area contributed by atoms with E-state index in [0.717, 1.165) is 18.5 Å². The Morgan fingerprint density at radius 2 is 2.22 bits per heavy atom. The number of rotatable bonds is 8. The van der Waals surface area contributed by atoms with E-state index in [2.05, 4.69) is 25.7 Å². The van der Waals surface area contributed by atoms with Crippen LogP contribution >= 0.6 is 0 Å². The van der Waals surface area contributed by atoms with Crippen LogP contribution < -0.4 is 5.32 Å². The predicted molar refractivity (Wildman–Crippen MR) is 72.8 cm³/mol. The van der Waals surface area contributed by atoms with Crippen molar-refractivity contribution in [2.24, 2.45) is 0 Å². The zero-order valence-corrected chi connectivity index (χ0v) is 11.2. The highest BCUT2D eigenvalue weighted by molar-refractivity contribution is 5.24. The molecule has 3 heteroatoms. The van der Waals surface area contributed by atoms with Gasteiger partial charge in [0.15, 0.2) is 0 Å². The van der Waals surface area contributed by atoms with Gasteiger partial charge < -0.3 is 10.1 Å². The second kappa shape index (κ2) is 8.01. The number of hydrogen-bond donors (Lipinski definition) is 1. The van der Waals surface area contributed by atoms with Crippen LogP contribution in [0.4, 0.5) is 4.39 Å². The van der Waals surface area contributed by atoms with Gasteiger partial charge in [0.1, 0.15) is 5.82 Å². The molecule has 100 valence electrons. The van der Waals surface area contributed by atoms with E-state index < -0.39 is 0 Å². The molecule has 1 aromatic rings. The van der Waals surface area contributed by atoms with Gasteiger partial charge in [-0.1, -0.05) is 26.0 Å². The van der Waals surface area contributed by atoms with Crippen LogP contribution in [0.2, 0.25) is 0 Å². The highest BCUT2D eigenvalue weighted by atomic mass is 19.1. The van der Waals surface area contributed by atoms with E-state index in [1.54, 1.807) is 12.1 Å². The van der Waals surface area contributed by atoms with Gasteiger partial charge in [0.2, 0.25) is 0 Å². The van der Waals surface area contributed by atoms with Gasteiger partial charge in [0.05, 0.1) is 13.2 Å². The molecule has 0 unspecified atom stereocenters. The van der Waals surface area contributed by atoms with Crippen molar-refractivity contribution in [3.05, 3.63) is 47.8 Å². The first-order valence-corrected chi connectivity index (χ1v) is 6.32. The lowest BCUT2D eigenvalue weighted by Gasteiger charge is -2.10. The third-order valence-corrected chi connectivity index (χ3v) is 2.55. The molecule has 0 heterocycles. The molecule has 0 bridgehead atoms. The van der Waals surface area contributed by atoms with E-state index in [-0.39, 0.29) is 5.82 Å². The minimum absolute atomic E-state index is 0.207. The fourth-order valence-corrected chi connectivity index (χ4v) is 1.52. The summed E-state index contributed by atoms with van der Waals surface area (Å²) in [4.78, 5) is 0. The van der Waals surface area contributed by atoms with Crippen LogP contribution in [0.3, 0.4) is 0 Å². The van der Waals surface area contributed by atoms with Crippen molar-refractivity contribution in [1.29, 1.82) is 0 Å². The van der Waals surface area contributed by atoms with Crippen molar-refractivity contribution >= 4 is 0 Å². The van der Waals surface area contributed by atoms with E-state index in [9.17, 15) is 4.39 Å². The molecule has 0 amide bonds. The van der Waals surface area contributed by atoms with Crippen LogP contribution in [0.15, 0.2) is 30.9 Å². The van der Waals surface area contributed by atoms with Gasteiger partial charge in [-0.25, -0.2) is 4.39 Å². The second-order valence-corrected chi connectivity index (χ2v) is 4.59. The third kappa shape index (κ3) is 5.43. The topological polar surface area (TPSA) is 21.3 Å². The summed E-state index contributed by atoms with van der Waals surface area (Å²) in [6, 6.07) is 5.59. The van der Waals surface area contributed by atoms with Crippen LogP contribution in [0.25, 0.3) is 0 Å². The van der Waals surface area contributed by atoms with Crippen LogP contribution in [0.5, 0.6) is 0 Å². The molecule has 1 rings (SSSR count). The Morgan fingerprint density at radius 3 is 2.89 bits per heavy atom. The van der Waals surface area contributed by atoms with Crippen molar-refractivity contribution in [2.75, 3.05) is 6.61 Å². The first-order chi connectivity index (χ1) is 8.63. The van der Waals surface area contributed by atoms with Crippen molar-refractivity contribution in [3.8, 4) is 0 Å². The lowest BCUT2D eigenvalue weighted by Crippen LogP contribution is -2.21. The van der Waals surface area contributed by atoms with Crippen molar-refractivity contribution in [3.63, 3.8) is 0 Å². The molecule has 0 aromatic heterocycles. The Labute approximate surface area is 109 Å². The zero-order chi connectivity index (χ0) is 13.4. The Bertz CT molecular complexity index is 377. The number of halogens is 1. The molecular weight excluding hydrogens is 229 g/mol. The van der Waals surface area contributed by atoms with Gasteiger partial charge in [0, 0.05) is 18.2 Å². The maximum absolute atomic E-state index is 13.6. The van der Waals surface area contributed by atoms with Crippen LogP contribution in [0, 0.1) is 5.82 Å². The van der Waals surface area contributed by atoms with Gasteiger partial charge in [-0.3, -0.25) is 0 Å². The highest BCUT2D eigenvalue weighted by Crippen LogP contribution is 2.12. The minimum Gasteiger partial charge on any atom is -0.376 e. The van der Waals surface area contributed by atoms with Crippen molar-refractivity contribution in [2.45, 2.75) is 39.5 Å². The molecule has 0 radical (unpaired) electrons. The number of benzene rings is 1. The summed E-state index contributed by atoms with van der Waals surface area (Å²) >= 11 is 0. The molecule has 0 spiro atoms. The Balaban J connectivity index is 2.54. The molecule has 2 nitrogen and oxygen atoms in total. The van der Waals surface area contributed by atoms with Gasteiger partial charge >= 0.3 is 0 Å². The molecule has 18 heavy (non-hydrogen) atoms. The summed E-state index contributed by atoms with van der Waals surface area (Å²) in [7, 11) is 0. The monoisotopic (exact) mass is 251 g/mol. The SMILES string of the molecule is C=CCCOCc1cc(CNC(C)C)ccc1F. The smallest absolute Gasteiger partial charge is 0.128 e. The summed E-state index contributed by atoms with van der Waals surface area (Å²) < 4.78 is 18.9. The van der Waals surface area contributed by atoms with Gasteiger partial charge in [-0.2, -0.15) is 0 Å². The molecule has 1 N–H and O–H groups in total. The third-order valence-electron chi connectivity index (χ3n) is 2.55. The van der Waals surface area contributed by atoms with E-state index >= 15 is 0 Å². The second-order valence-electron chi connectivity index (χ2n) is 4.59. The van der Waals surface area contributed by atoms with Crippen molar-refractivity contribution in [1.82, 2.24) is 5.32 Å².